The van der Waals surface area contributed by atoms with Crippen LogP contribution in [-0.2, 0) is 6.54 Å². The fourth-order valence-electron chi connectivity index (χ4n) is 2.34. The minimum absolute atomic E-state index is 0.211. The molecule has 0 radical (unpaired) electrons. The van der Waals surface area contributed by atoms with E-state index in [1.54, 1.807) is 6.07 Å². The molecule has 1 aliphatic heterocycles. The molecule has 0 bridgehead atoms. The molecule has 0 aromatic heterocycles. The van der Waals surface area contributed by atoms with Gasteiger partial charge in [-0.25, -0.2) is 4.39 Å². The minimum atomic E-state index is -0.279. The van der Waals surface area contributed by atoms with E-state index in [2.05, 4.69) is 24.1 Å². The van der Waals surface area contributed by atoms with Crippen molar-refractivity contribution in [3.8, 4) is 0 Å². The quantitative estimate of drug-likeness (QED) is 0.909. The summed E-state index contributed by atoms with van der Waals surface area (Å²) in [7, 11) is 0. The van der Waals surface area contributed by atoms with Crippen LogP contribution in [0.2, 0.25) is 5.02 Å². The third-order valence-electron chi connectivity index (χ3n) is 3.52. The first-order valence-corrected chi connectivity index (χ1v) is 6.84. The Labute approximate surface area is 113 Å². The molecule has 0 amide bonds. The highest BCUT2D eigenvalue weighted by Gasteiger charge is 2.22. The largest absolute Gasteiger partial charge is 0.311 e. The molecule has 1 heterocycles. The maximum atomic E-state index is 13.8. The number of benzene rings is 1. The molecule has 1 unspecified atom stereocenters. The van der Waals surface area contributed by atoms with E-state index in [-0.39, 0.29) is 10.8 Å². The molecule has 1 atom stereocenters. The first-order valence-electron chi connectivity index (χ1n) is 6.46. The van der Waals surface area contributed by atoms with Crippen LogP contribution >= 0.6 is 11.6 Å². The van der Waals surface area contributed by atoms with Gasteiger partial charge in [-0.05, 0) is 12.0 Å². The Morgan fingerprint density at radius 3 is 3.00 bits per heavy atom. The molecule has 18 heavy (non-hydrogen) atoms. The zero-order valence-electron chi connectivity index (χ0n) is 10.9. The van der Waals surface area contributed by atoms with E-state index < -0.39 is 0 Å². The number of nitrogens with zero attached hydrogens (tertiary/aromatic N) is 1. The summed E-state index contributed by atoms with van der Waals surface area (Å²) in [6, 6.07) is 5.70. The highest BCUT2D eigenvalue weighted by atomic mass is 35.5. The molecule has 0 saturated carbocycles. The molecule has 0 aliphatic carbocycles. The number of rotatable bonds is 3. The molecule has 1 aromatic carbocycles. The summed E-state index contributed by atoms with van der Waals surface area (Å²) in [5.74, 6) is 0.316. The molecular formula is C14H20ClFN2. The van der Waals surface area contributed by atoms with Crippen molar-refractivity contribution in [3.05, 3.63) is 34.6 Å². The van der Waals surface area contributed by atoms with Gasteiger partial charge in [0.25, 0.3) is 0 Å². The predicted octanol–water partition coefficient (Wildman–Crippen LogP) is 2.91. The molecule has 1 fully saturated rings. The van der Waals surface area contributed by atoms with Crippen molar-refractivity contribution in [2.45, 2.75) is 26.4 Å². The second-order valence-electron chi connectivity index (χ2n) is 5.25. The predicted molar refractivity (Wildman–Crippen MR) is 73.3 cm³/mol. The molecule has 2 rings (SSSR count). The summed E-state index contributed by atoms with van der Waals surface area (Å²) in [4.78, 5) is 2.29. The van der Waals surface area contributed by atoms with Crippen molar-refractivity contribution in [2.75, 3.05) is 19.6 Å². The summed E-state index contributed by atoms with van der Waals surface area (Å²) in [6.07, 6.45) is 0. The van der Waals surface area contributed by atoms with Crippen molar-refractivity contribution in [3.63, 3.8) is 0 Å². The van der Waals surface area contributed by atoms with E-state index in [0.717, 1.165) is 19.6 Å². The van der Waals surface area contributed by atoms with Gasteiger partial charge in [-0.3, -0.25) is 4.90 Å². The number of hydrogen-bond donors (Lipinski definition) is 1. The van der Waals surface area contributed by atoms with E-state index in [1.807, 2.05) is 12.1 Å². The van der Waals surface area contributed by atoms with E-state index >= 15 is 0 Å². The van der Waals surface area contributed by atoms with Gasteiger partial charge in [-0.1, -0.05) is 37.6 Å². The normalized spacial score (nSPS) is 21.5. The van der Waals surface area contributed by atoms with Gasteiger partial charge < -0.3 is 5.32 Å². The first kappa shape index (κ1) is 13.8. The van der Waals surface area contributed by atoms with Crippen LogP contribution in [0.1, 0.15) is 19.4 Å². The van der Waals surface area contributed by atoms with E-state index in [0.29, 0.717) is 24.1 Å². The van der Waals surface area contributed by atoms with Crippen molar-refractivity contribution >= 4 is 11.6 Å². The Bertz CT molecular complexity index is 409. The molecule has 4 heteroatoms. The highest BCUT2D eigenvalue weighted by molar-refractivity contribution is 6.30. The SMILES string of the molecule is CC(C)C1CN(Cc2cccc(Cl)c2F)CCN1. The average Bonchev–Trinajstić information content (AvgIpc) is 2.35. The van der Waals surface area contributed by atoms with Crippen molar-refractivity contribution in [1.82, 2.24) is 10.2 Å². The third kappa shape index (κ3) is 3.22. The van der Waals surface area contributed by atoms with Crippen molar-refractivity contribution in [2.24, 2.45) is 5.92 Å². The van der Waals surface area contributed by atoms with Gasteiger partial charge in [0.2, 0.25) is 0 Å². The molecule has 1 aromatic rings. The first-order chi connectivity index (χ1) is 8.58. The monoisotopic (exact) mass is 270 g/mol. The lowest BCUT2D eigenvalue weighted by molar-refractivity contribution is 0.167. The van der Waals surface area contributed by atoms with Crippen molar-refractivity contribution in [1.29, 1.82) is 0 Å². The lowest BCUT2D eigenvalue weighted by Crippen LogP contribution is -2.52. The molecule has 1 aliphatic rings. The number of piperazine rings is 1. The third-order valence-corrected chi connectivity index (χ3v) is 3.81. The van der Waals surface area contributed by atoms with Gasteiger partial charge in [-0.2, -0.15) is 0 Å². The Morgan fingerprint density at radius 2 is 2.28 bits per heavy atom. The molecule has 1 saturated heterocycles. The fourth-order valence-corrected chi connectivity index (χ4v) is 2.54. The molecular weight excluding hydrogens is 251 g/mol. The second-order valence-corrected chi connectivity index (χ2v) is 5.66. The fraction of sp³-hybridized carbons (Fsp3) is 0.571. The number of hydrogen-bond acceptors (Lipinski definition) is 2. The zero-order valence-corrected chi connectivity index (χ0v) is 11.7. The van der Waals surface area contributed by atoms with Gasteiger partial charge in [-0.15, -0.1) is 0 Å². The van der Waals surface area contributed by atoms with Crippen molar-refractivity contribution < 1.29 is 4.39 Å². The second kappa shape index (κ2) is 6.00. The van der Waals surface area contributed by atoms with Gasteiger partial charge >= 0.3 is 0 Å². The number of nitrogens with one attached hydrogen (secondary N) is 1. The minimum Gasteiger partial charge on any atom is -0.311 e. The summed E-state index contributed by atoms with van der Waals surface area (Å²) in [6.45, 7) is 7.93. The van der Waals surface area contributed by atoms with E-state index in [1.165, 1.54) is 0 Å². The van der Waals surface area contributed by atoms with Crippen LogP contribution in [0, 0.1) is 11.7 Å². The maximum Gasteiger partial charge on any atom is 0.146 e. The summed E-state index contributed by atoms with van der Waals surface area (Å²) >= 11 is 5.80. The highest BCUT2D eigenvalue weighted by Crippen LogP contribution is 2.20. The van der Waals surface area contributed by atoms with Gasteiger partial charge in [0.1, 0.15) is 5.82 Å². The lowest BCUT2D eigenvalue weighted by Gasteiger charge is -2.35. The summed E-state index contributed by atoms with van der Waals surface area (Å²) < 4.78 is 13.8. The van der Waals surface area contributed by atoms with Crippen LogP contribution < -0.4 is 5.32 Å². The molecule has 0 spiro atoms. The van der Waals surface area contributed by atoms with Crippen LogP contribution in [-0.4, -0.2) is 30.6 Å². The number of halogens is 2. The average molecular weight is 271 g/mol. The summed E-state index contributed by atoms with van der Waals surface area (Å²) in [5, 5.41) is 3.71. The zero-order chi connectivity index (χ0) is 13.1. The van der Waals surface area contributed by atoms with Gasteiger partial charge in [0.15, 0.2) is 0 Å². The smallest absolute Gasteiger partial charge is 0.146 e. The van der Waals surface area contributed by atoms with Crippen LogP contribution in [0.3, 0.4) is 0 Å². The van der Waals surface area contributed by atoms with E-state index in [4.69, 9.17) is 11.6 Å². The molecule has 2 nitrogen and oxygen atoms in total. The standard InChI is InChI=1S/C14H20ClFN2/c1-10(2)13-9-18(7-6-17-13)8-11-4-3-5-12(15)14(11)16/h3-5,10,13,17H,6-9H2,1-2H3. The van der Waals surface area contributed by atoms with Crippen LogP contribution in [0.4, 0.5) is 4.39 Å². The topological polar surface area (TPSA) is 15.3 Å². The van der Waals surface area contributed by atoms with Crippen LogP contribution in [0.25, 0.3) is 0 Å². The molecule has 100 valence electrons. The van der Waals surface area contributed by atoms with Gasteiger partial charge in [0.05, 0.1) is 5.02 Å². The Morgan fingerprint density at radius 1 is 1.50 bits per heavy atom. The Balaban J connectivity index is 2.03. The summed E-state index contributed by atoms with van der Waals surface area (Å²) in [5.41, 5.74) is 0.687. The van der Waals surface area contributed by atoms with Gasteiger partial charge in [0, 0.05) is 37.8 Å². The van der Waals surface area contributed by atoms with Crippen LogP contribution in [0.15, 0.2) is 18.2 Å². The molecule has 1 N–H and O–H groups in total. The Kier molecular flexibility index (Phi) is 4.60. The lowest BCUT2D eigenvalue weighted by atomic mass is 10.0. The van der Waals surface area contributed by atoms with E-state index in [9.17, 15) is 4.39 Å². The maximum absolute atomic E-state index is 13.8. The Hall–Kier alpha value is -0.640. The van der Waals surface area contributed by atoms with Crippen LogP contribution in [0.5, 0.6) is 0 Å².